The molecule has 0 aliphatic carbocycles. The van der Waals surface area contributed by atoms with Crippen LogP contribution in [0.4, 0.5) is 9.52 Å². The van der Waals surface area contributed by atoms with Gasteiger partial charge in [-0.2, -0.15) is 5.26 Å². The summed E-state index contributed by atoms with van der Waals surface area (Å²) in [5.74, 6) is -0.360. The molecule has 4 nitrogen and oxygen atoms in total. The van der Waals surface area contributed by atoms with Crippen LogP contribution >= 0.6 is 34.7 Å². The van der Waals surface area contributed by atoms with Gasteiger partial charge < -0.3 is 0 Å². The largest absolute Gasteiger partial charge is 0.273 e. The number of nitriles is 1. The summed E-state index contributed by atoms with van der Waals surface area (Å²) in [5, 5.41) is 9.22. The third-order valence-corrected chi connectivity index (χ3v) is 6.35. The van der Waals surface area contributed by atoms with E-state index in [4.69, 9.17) is 16.9 Å². The van der Waals surface area contributed by atoms with Crippen molar-refractivity contribution in [1.29, 1.82) is 5.26 Å². The van der Waals surface area contributed by atoms with Crippen LogP contribution in [0.15, 0.2) is 36.4 Å². The third kappa shape index (κ3) is 2.76. The molecule has 25 heavy (non-hydrogen) atoms. The van der Waals surface area contributed by atoms with Gasteiger partial charge in [0.1, 0.15) is 11.2 Å². The van der Waals surface area contributed by atoms with E-state index in [1.807, 2.05) is 0 Å². The highest BCUT2D eigenvalue weighted by molar-refractivity contribution is 8.00. The first kappa shape index (κ1) is 16.3. The Labute approximate surface area is 155 Å². The molecule has 0 N–H and O–H groups in total. The van der Waals surface area contributed by atoms with Crippen molar-refractivity contribution in [3.05, 3.63) is 58.4 Å². The number of hydrogen-bond donors (Lipinski definition) is 0. The number of thioether (sulfide) groups is 1. The molecule has 4 rings (SSSR count). The predicted octanol–water partition coefficient (Wildman–Crippen LogP) is 4.74. The van der Waals surface area contributed by atoms with Gasteiger partial charge in [0.05, 0.1) is 27.6 Å². The maximum absolute atomic E-state index is 14.3. The Morgan fingerprint density at radius 2 is 2.20 bits per heavy atom. The van der Waals surface area contributed by atoms with Gasteiger partial charge in [0.15, 0.2) is 5.13 Å². The zero-order valence-electron chi connectivity index (χ0n) is 12.6. The molecule has 1 amide bonds. The molecule has 1 aromatic heterocycles. The minimum atomic E-state index is -0.558. The quantitative estimate of drug-likeness (QED) is 0.635. The molecule has 3 aromatic rings. The number of carbonyl (C=O) groups excluding carboxylic acids is 1. The van der Waals surface area contributed by atoms with Crippen molar-refractivity contribution in [3.8, 4) is 6.07 Å². The second-order valence-corrected chi connectivity index (χ2v) is 7.84. The van der Waals surface area contributed by atoms with Crippen molar-refractivity contribution in [2.24, 2.45) is 0 Å². The summed E-state index contributed by atoms with van der Waals surface area (Å²) in [4.78, 5) is 18.4. The van der Waals surface area contributed by atoms with Gasteiger partial charge in [-0.05, 0) is 30.3 Å². The minimum absolute atomic E-state index is 0.145. The molecule has 2 heterocycles. The fourth-order valence-corrected chi connectivity index (χ4v) is 5.34. The van der Waals surface area contributed by atoms with Crippen LogP contribution in [0.25, 0.3) is 10.2 Å². The van der Waals surface area contributed by atoms with Crippen LogP contribution in [-0.4, -0.2) is 16.6 Å². The summed E-state index contributed by atoms with van der Waals surface area (Å²) in [5.41, 5.74) is 1.51. The normalized spacial score (nSPS) is 17.2. The highest BCUT2D eigenvalue weighted by Gasteiger charge is 2.38. The Balaban J connectivity index is 1.82. The van der Waals surface area contributed by atoms with Crippen LogP contribution in [0, 0.1) is 17.1 Å². The minimum Gasteiger partial charge on any atom is -0.273 e. The lowest BCUT2D eigenvalue weighted by Crippen LogP contribution is -2.28. The van der Waals surface area contributed by atoms with Crippen LogP contribution < -0.4 is 4.90 Å². The lowest BCUT2D eigenvalue weighted by molar-refractivity contribution is -0.115. The summed E-state index contributed by atoms with van der Waals surface area (Å²) < 4.78 is 15.1. The highest BCUT2D eigenvalue weighted by atomic mass is 35.5. The number of thiazole rings is 1. The van der Waals surface area contributed by atoms with Gasteiger partial charge in [0.2, 0.25) is 5.91 Å². The Kier molecular flexibility index (Phi) is 4.12. The van der Waals surface area contributed by atoms with Crippen molar-refractivity contribution in [1.82, 2.24) is 4.98 Å². The number of aromatic nitrogens is 1. The van der Waals surface area contributed by atoms with E-state index < -0.39 is 11.2 Å². The number of benzene rings is 2. The Morgan fingerprint density at radius 1 is 1.36 bits per heavy atom. The SMILES string of the molecule is N#Cc1ccc2nc(N3C(=O)CSC3c3c(F)cccc3Cl)sc2c1. The zero-order valence-corrected chi connectivity index (χ0v) is 15.0. The molecule has 0 radical (unpaired) electrons. The van der Waals surface area contributed by atoms with Crippen molar-refractivity contribution in [3.63, 3.8) is 0 Å². The number of hydrogen-bond acceptors (Lipinski definition) is 5. The third-order valence-electron chi connectivity index (χ3n) is 3.83. The number of anilines is 1. The van der Waals surface area contributed by atoms with E-state index in [0.717, 1.165) is 4.70 Å². The molecule has 0 spiro atoms. The molecule has 1 aliphatic heterocycles. The molecule has 0 saturated carbocycles. The van der Waals surface area contributed by atoms with Gasteiger partial charge >= 0.3 is 0 Å². The lowest BCUT2D eigenvalue weighted by Gasteiger charge is -2.22. The first-order chi connectivity index (χ1) is 12.1. The molecular formula is C17H9ClFN3OS2. The van der Waals surface area contributed by atoms with Crippen molar-refractivity contribution in [2.75, 3.05) is 10.7 Å². The topological polar surface area (TPSA) is 57.0 Å². The smallest absolute Gasteiger partial charge is 0.240 e. The first-order valence-corrected chi connectivity index (χ1v) is 9.51. The molecule has 2 aromatic carbocycles. The van der Waals surface area contributed by atoms with E-state index in [1.54, 1.807) is 24.3 Å². The number of carbonyl (C=O) groups is 1. The van der Waals surface area contributed by atoms with E-state index >= 15 is 0 Å². The Morgan fingerprint density at radius 3 is 2.96 bits per heavy atom. The molecule has 1 unspecified atom stereocenters. The molecule has 8 heteroatoms. The van der Waals surface area contributed by atoms with E-state index in [1.165, 1.54) is 40.1 Å². The monoisotopic (exact) mass is 389 g/mol. The van der Waals surface area contributed by atoms with Gasteiger partial charge in [-0.3, -0.25) is 9.69 Å². The maximum Gasteiger partial charge on any atom is 0.240 e. The van der Waals surface area contributed by atoms with Crippen LogP contribution in [0.1, 0.15) is 16.5 Å². The number of halogens is 2. The number of amides is 1. The zero-order chi connectivity index (χ0) is 17.6. The van der Waals surface area contributed by atoms with E-state index in [0.29, 0.717) is 16.2 Å². The van der Waals surface area contributed by atoms with Crippen molar-refractivity contribution >= 4 is 56.0 Å². The molecule has 1 saturated heterocycles. The van der Waals surface area contributed by atoms with Gasteiger partial charge in [-0.25, -0.2) is 9.37 Å². The van der Waals surface area contributed by atoms with Crippen LogP contribution in [-0.2, 0) is 4.79 Å². The summed E-state index contributed by atoms with van der Waals surface area (Å²) in [6.45, 7) is 0. The first-order valence-electron chi connectivity index (χ1n) is 7.27. The van der Waals surface area contributed by atoms with Gasteiger partial charge in [-0.1, -0.05) is 29.0 Å². The number of nitrogens with zero attached hydrogens (tertiary/aromatic N) is 3. The second-order valence-electron chi connectivity index (χ2n) is 5.35. The Hall–Kier alpha value is -2.14. The number of rotatable bonds is 2. The van der Waals surface area contributed by atoms with E-state index in [-0.39, 0.29) is 22.2 Å². The van der Waals surface area contributed by atoms with E-state index in [2.05, 4.69) is 11.1 Å². The molecule has 1 fully saturated rings. The summed E-state index contributed by atoms with van der Waals surface area (Å²) in [6, 6.07) is 11.7. The molecule has 0 bridgehead atoms. The molecule has 124 valence electrons. The lowest BCUT2D eigenvalue weighted by atomic mass is 10.2. The summed E-state index contributed by atoms with van der Waals surface area (Å²) in [7, 11) is 0. The fraction of sp³-hybridized carbons (Fsp3) is 0.118. The molecular weight excluding hydrogens is 381 g/mol. The average molecular weight is 390 g/mol. The second kappa shape index (κ2) is 6.30. The van der Waals surface area contributed by atoms with Crippen LogP contribution in [0.5, 0.6) is 0 Å². The summed E-state index contributed by atoms with van der Waals surface area (Å²) >= 11 is 8.80. The van der Waals surface area contributed by atoms with Crippen molar-refractivity contribution in [2.45, 2.75) is 5.37 Å². The van der Waals surface area contributed by atoms with Gasteiger partial charge in [-0.15, -0.1) is 11.8 Å². The van der Waals surface area contributed by atoms with Gasteiger partial charge in [0.25, 0.3) is 0 Å². The average Bonchev–Trinajstić information content (AvgIpc) is 3.17. The summed E-state index contributed by atoms with van der Waals surface area (Å²) in [6.07, 6.45) is 0. The predicted molar refractivity (Wildman–Crippen MR) is 98.4 cm³/mol. The highest BCUT2D eigenvalue weighted by Crippen LogP contribution is 2.46. The van der Waals surface area contributed by atoms with Crippen molar-refractivity contribution < 1.29 is 9.18 Å². The fourth-order valence-electron chi connectivity index (χ4n) is 2.68. The van der Waals surface area contributed by atoms with E-state index in [9.17, 15) is 9.18 Å². The van der Waals surface area contributed by atoms with Gasteiger partial charge in [0, 0.05) is 10.6 Å². The standard InChI is InChI=1S/C17H9ClFN3OS2/c18-10-2-1-3-11(19)15(10)16-22(14(23)8-24-16)17-21-12-5-4-9(7-20)6-13(12)25-17/h1-6,16H,8H2. The Bertz CT molecular complexity index is 1030. The number of fused-ring (bicyclic) bond motifs is 1. The van der Waals surface area contributed by atoms with Crippen LogP contribution in [0.2, 0.25) is 5.02 Å². The molecule has 1 aliphatic rings. The molecule has 1 atom stereocenters. The maximum atomic E-state index is 14.3. The van der Waals surface area contributed by atoms with Crippen LogP contribution in [0.3, 0.4) is 0 Å².